The Balaban J connectivity index is 2.19. The molecule has 0 radical (unpaired) electrons. The Morgan fingerprint density at radius 2 is 1.72 bits per heavy atom. The van der Waals surface area contributed by atoms with Crippen molar-refractivity contribution in [2.24, 2.45) is 0 Å². The molecule has 2 N–H and O–H groups in total. The predicted molar refractivity (Wildman–Crippen MR) is 79.1 cm³/mol. The average molecular weight is 249 g/mol. The van der Waals surface area contributed by atoms with Crippen LogP contribution in [0.3, 0.4) is 0 Å². The summed E-state index contributed by atoms with van der Waals surface area (Å²) >= 11 is 0. The van der Waals surface area contributed by atoms with Gasteiger partial charge in [0, 0.05) is 0 Å². The summed E-state index contributed by atoms with van der Waals surface area (Å²) in [5.74, 6) is 0.834. The third-order valence-electron chi connectivity index (χ3n) is 3.24. The van der Waals surface area contributed by atoms with Gasteiger partial charge in [0.15, 0.2) is 0 Å². The van der Waals surface area contributed by atoms with Crippen LogP contribution in [0.1, 0.15) is 57.9 Å². The fourth-order valence-corrected chi connectivity index (χ4v) is 2.01. The highest BCUT2D eigenvalue weighted by Crippen LogP contribution is 2.23. The number of nitrogens with two attached hydrogens (primary N) is 1. The molecule has 0 bridgehead atoms. The van der Waals surface area contributed by atoms with E-state index in [0.717, 1.165) is 30.9 Å². The van der Waals surface area contributed by atoms with E-state index >= 15 is 0 Å². The summed E-state index contributed by atoms with van der Waals surface area (Å²) < 4.78 is 5.72. The predicted octanol–water partition coefficient (Wildman–Crippen LogP) is 4.57. The number of nitrogen functional groups attached to an aromatic ring is 1. The molecule has 18 heavy (non-hydrogen) atoms. The van der Waals surface area contributed by atoms with Gasteiger partial charge >= 0.3 is 0 Å². The number of benzene rings is 1. The second-order valence-corrected chi connectivity index (χ2v) is 4.84. The first-order valence-corrected chi connectivity index (χ1v) is 7.29. The van der Waals surface area contributed by atoms with Gasteiger partial charge in [-0.1, -0.05) is 52.0 Å². The number of ether oxygens (including phenoxy) is 1. The molecule has 102 valence electrons. The molecule has 1 aromatic rings. The summed E-state index contributed by atoms with van der Waals surface area (Å²) in [6, 6.07) is 6.09. The topological polar surface area (TPSA) is 35.2 Å². The van der Waals surface area contributed by atoms with Crippen molar-refractivity contribution >= 4 is 5.69 Å². The Morgan fingerprint density at radius 3 is 2.39 bits per heavy atom. The van der Waals surface area contributed by atoms with Gasteiger partial charge in [0.25, 0.3) is 0 Å². The van der Waals surface area contributed by atoms with Crippen LogP contribution >= 0.6 is 0 Å². The van der Waals surface area contributed by atoms with Crippen molar-refractivity contribution in [1.82, 2.24) is 0 Å². The van der Waals surface area contributed by atoms with Gasteiger partial charge in [0.05, 0.1) is 12.3 Å². The van der Waals surface area contributed by atoms with Crippen LogP contribution < -0.4 is 10.5 Å². The highest BCUT2D eigenvalue weighted by molar-refractivity contribution is 5.54. The van der Waals surface area contributed by atoms with E-state index in [1.54, 1.807) is 0 Å². The van der Waals surface area contributed by atoms with Crippen molar-refractivity contribution < 1.29 is 4.74 Å². The average Bonchev–Trinajstić information content (AvgIpc) is 2.39. The van der Waals surface area contributed by atoms with E-state index in [0.29, 0.717) is 0 Å². The van der Waals surface area contributed by atoms with E-state index < -0.39 is 0 Å². The van der Waals surface area contributed by atoms with E-state index in [2.05, 4.69) is 19.9 Å². The van der Waals surface area contributed by atoms with E-state index in [-0.39, 0.29) is 0 Å². The van der Waals surface area contributed by atoms with Gasteiger partial charge in [-0.15, -0.1) is 0 Å². The molecule has 2 heteroatoms. The van der Waals surface area contributed by atoms with Crippen LogP contribution in [0.25, 0.3) is 0 Å². The van der Waals surface area contributed by atoms with E-state index in [9.17, 15) is 0 Å². The lowest BCUT2D eigenvalue weighted by Gasteiger charge is -2.09. The summed E-state index contributed by atoms with van der Waals surface area (Å²) in [6.45, 7) is 5.15. The molecule has 0 unspecified atom stereocenters. The Morgan fingerprint density at radius 1 is 1.00 bits per heavy atom. The van der Waals surface area contributed by atoms with Crippen LogP contribution in [0.2, 0.25) is 0 Å². The van der Waals surface area contributed by atoms with Crippen LogP contribution in [-0.4, -0.2) is 6.61 Å². The van der Waals surface area contributed by atoms with Gasteiger partial charge < -0.3 is 10.5 Å². The second-order valence-electron chi connectivity index (χ2n) is 4.84. The molecule has 0 heterocycles. The highest BCUT2D eigenvalue weighted by Gasteiger charge is 2.01. The minimum absolute atomic E-state index is 0.764. The summed E-state index contributed by atoms with van der Waals surface area (Å²) in [7, 11) is 0. The molecule has 0 aliphatic heterocycles. The lowest BCUT2D eigenvalue weighted by molar-refractivity contribution is 0.306. The maximum Gasteiger partial charge on any atom is 0.142 e. The summed E-state index contributed by atoms with van der Waals surface area (Å²) in [4.78, 5) is 0. The Bertz CT molecular complexity index is 336. The van der Waals surface area contributed by atoms with Crippen LogP contribution in [0, 0.1) is 0 Å². The molecule has 0 aromatic heterocycles. The quantitative estimate of drug-likeness (QED) is 0.514. The standard InChI is InChI=1S/C16H27NO/c1-3-5-6-7-8-9-12-18-16-11-10-14(4-2)13-15(16)17/h10-11,13H,3-9,12,17H2,1-2H3. The maximum atomic E-state index is 5.95. The van der Waals surface area contributed by atoms with E-state index in [4.69, 9.17) is 10.5 Å². The lowest BCUT2D eigenvalue weighted by Crippen LogP contribution is -2.01. The number of aryl methyl sites for hydroxylation is 1. The van der Waals surface area contributed by atoms with Crippen molar-refractivity contribution in [3.8, 4) is 5.75 Å². The minimum atomic E-state index is 0.764. The molecule has 2 nitrogen and oxygen atoms in total. The molecule has 1 rings (SSSR count). The highest BCUT2D eigenvalue weighted by atomic mass is 16.5. The molecular weight excluding hydrogens is 222 g/mol. The number of hydrogen-bond donors (Lipinski definition) is 1. The smallest absolute Gasteiger partial charge is 0.142 e. The largest absolute Gasteiger partial charge is 0.491 e. The zero-order valence-electron chi connectivity index (χ0n) is 11.9. The van der Waals surface area contributed by atoms with Gasteiger partial charge in [-0.25, -0.2) is 0 Å². The van der Waals surface area contributed by atoms with E-state index in [1.165, 1.54) is 37.7 Å². The molecule has 0 spiro atoms. The zero-order chi connectivity index (χ0) is 13.2. The third-order valence-corrected chi connectivity index (χ3v) is 3.24. The summed E-state index contributed by atoms with van der Waals surface area (Å²) in [5, 5.41) is 0. The molecule has 0 aliphatic carbocycles. The molecular formula is C16H27NO. The number of anilines is 1. The van der Waals surface area contributed by atoms with Crippen molar-refractivity contribution in [2.75, 3.05) is 12.3 Å². The fraction of sp³-hybridized carbons (Fsp3) is 0.625. The van der Waals surface area contributed by atoms with Gasteiger partial charge in [0.1, 0.15) is 5.75 Å². The fourth-order valence-electron chi connectivity index (χ4n) is 2.01. The number of hydrogen-bond acceptors (Lipinski definition) is 2. The van der Waals surface area contributed by atoms with Gasteiger partial charge in [-0.2, -0.15) is 0 Å². The minimum Gasteiger partial charge on any atom is -0.491 e. The maximum absolute atomic E-state index is 5.95. The second kappa shape index (κ2) is 8.84. The van der Waals surface area contributed by atoms with Gasteiger partial charge in [-0.05, 0) is 30.5 Å². The first-order valence-electron chi connectivity index (χ1n) is 7.29. The monoisotopic (exact) mass is 249 g/mol. The molecule has 0 aliphatic rings. The van der Waals surface area contributed by atoms with Crippen LogP contribution in [0.15, 0.2) is 18.2 Å². The van der Waals surface area contributed by atoms with E-state index in [1.807, 2.05) is 12.1 Å². The van der Waals surface area contributed by atoms with Crippen molar-refractivity contribution in [3.05, 3.63) is 23.8 Å². The summed E-state index contributed by atoms with van der Waals surface area (Å²) in [6.07, 6.45) is 8.72. The Hall–Kier alpha value is -1.18. The molecule has 1 aromatic carbocycles. The van der Waals surface area contributed by atoms with Crippen molar-refractivity contribution in [3.63, 3.8) is 0 Å². The normalized spacial score (nSPS) is 10.6. The van der Waals surface area contributed by atoms with Crippen molar-refractivity contribution in [2.45, 2.75) is 58.8 Å². The first kappa shape index (κ1) is 14.9. The van der Waals surface area contributed by atoms with Gasteiger partial charge in [-0.3, -0.25) is 0 Å². The Labute approximate surface area is 112 Å². The molecule has 0 saturated heterocycles. The lowest BCUT2D eigenvalue weighted by atomic mass is 10.1. The number of unbranched alkanes of at least 4 members (excludes halogenated alkanes) is 5. The molecule has 0 fully saturated rings. The van der Waals surface area contributed by atoms with Crippen molar-refractivity contribution in [1.29, 1.82) is 0 Å². The number of rotatable bonds is 9. The van der Waals surface area contributed by atoms with Crippen LogP contribution in [0.4, 0.5) is 5.69 Å². The van der Waals surface area contributed by atoms with Gasteiger partial charge in [0.2, 0.25) is 0 Å². The third kappa shape index (κ3) is 5.44. The van der Waals surface area contributed by atoms with Crippen LogP contribution in [0.5, 0.6) is 5.75 Å². The molecule has 0 saturated carbocycles. The first-order chi connectivity index (χ1) is 8.77. The summed E-state index contributed by atoms with van der Waals surface area (Å²) in [5.41, 5.74) is 7.98. The zero-order valence-corrected chi connectivity index (χ0v) is 11.9. The van der Waals surface area contributed by atoms with Crippen LogP contribution in [-0.2, 0) is 6.42 Å². The SMILES string of the molecule is CCCCCCCCOc1ccc(CC)cc1N. The Kier molecular flexibility index (Phi) is 7.31. The molecule has 0 atom stereocenters. The molecule has 0 amide bonds.